The van der Waals surface area contributed by atoms with Crippen molar-refractivity contribution in [3.63, 3.8) is 0 Å². The molecule has 1 aromatic carbocycles. The number of aryl methyl sites for hydroxylation is 1. The van der Waals surface area contributed by atoms with Crippen LogP contribution in [0.4, 0.5) is 5.95 Å². The summed E-state index contributed by atoms with van der Waals surface area (Å²) >= 11 is 0. The molecule has 0 amide bonds. The summed E-state index contributed by atoms with van der Waals surface area (Å²) in [5.74, 6) is 1.01. The summed E-state index contributed by atoms with van der Waals surface area (Å²) in [5, 5.41) is 0. The van der Waals surface area contributed by atoms with Crippen LogP contribution in [0.3, 0.4) is 0 Å². The van der Waals surface area contributed by atoms with Crippen LogP contribution in [0.1, 0.15) is 26.7 Å². The van der Waals surface area contributed by atoms with Gasteiger partial charge < -0.3 is 10.3 Å². The number of aromatic nitrogens is 2. The van der Waals surface area contributed by atoms with Gasteiger partial charge in [-0.3, -0.25) is 0 Å². The molecular weight excluding hydrogens is 274 g/mol. The molecule has 0 saturated carbocycles. The lowest BCUT2D eigenvalue weighted by atomic mass is 10.1. The molecule has 6 heteroatoms. The Kier molecular flexibility index (Phi) is 4.04. The van der Waals surface area contributed by atoms with Crippen LogP contribution in [-0.2, 0) is 16.4 Å². The zero-order valence-corrected chi connectivity index (χ0v) is 12.9. The van der Waals surface area contributed by atoms with Gasteiger partial charge in [-0.1, -0.05) is 19.9 Å². The van der Waals surface area contributed by atoms with E-state index in [2.05, 4.69) is 18.8 Å². The second kappa shape index (κ2) is 5.44. The Balaban J connectivity index is 2.45. The zero-order chi connectivity index (χ0) is 14.9. The second-order valence-electron chi connectivity index (χ2n) is 5.55. The van der Waals surface area contributed by atoms with Gasteiger partial charge in [0.05, 0.1) is 10.4 Å². The summed E-state index contributed by atoms with van der Waals surface area (Å²) in [6, 6.07) is 5.17. The van der Waals surface area contributed by atoms with Crippen LogP contribution >= 0.6 is 0 Å². The van der Waals surface area contributed by atoms with Gasteiger partial charge in [0.2, 0.25) is 5.95 Å². The van der Waals surface area contributed by atoms with Crippen LogP contribution in [0, 0.1) is 5.92 Å². The summed E-state index contributed by atoms with van der Waals surface area (Å²) in [6.07, 6.45) is 3.29. The molecule has 110 valence electrons. The molecule has 1 aromatic heterocycles. The first kappa shape index (κ1) is 14.8. The van der Waals surface area contributed by atoms with Gasteiger partial charge in [-0.25, -0.2) is 13.4 Å². The zero-order valence-electron chi connectivity index (χ0n) is 12.1. The third-order valence-corrected chi connectivity index (χ3v) is 4.46. The Morgan fingerprint density at radius 1 is 1.35 bits per heavy atom. The minimum atomic E-state index is -3.30. The number of rotatable bonds is 5. The largest absolute Gasteiger partial charge is 0.369 e. The summed E-state index contributed by atoms with van der Waals surface area (Å²) in [5.41, 5.74) is 7.20. The molecule has 0 aliphatic rings. The third kappa shape index (κ3) is 2.95. The number of hydrogen-bond donors (Lipinski definition) is 1. The van der Waals surface area contributed by atoms with Crippen LogP contribution in [-0.4, -0.2) is 24.2 Å². The standard InChI is InChI=1S/C14H21N3O2S/c1-10(2)6-5-9-17-11-7-4-8-12(20(3,18)19)13(11)16-14(17)15/h4,7-8,10H,5-6,9H2,1-3H3,(H2,15,16). The van der Waals surface area contributed by atoms with Gasteiger partial charge in [0.15, 0.2) is 9.84 Å². The van der Waals surface area contributed by atoms with E-state index in [1.54, 1.807) is 12.1 Å². The molecule has 0 fully saturated rings. The van der Waals surface area contributed by atoms with Crippen molar-refractivity contribution in [2.75, 3.05) is 12.0 Å². The number of hydrogen-bond acceptors (Lipinski definition) is 4. The summed E-state index contributed by atoms with van der Waals surface area (Å²) in [4.78, 5) is 4.48. The Hall–Kier alpha value is -1.56. The third-order valence-electron chi connectivity index (χ3n) is 3.33. The van der Waals surface area contributed by atoms with Crippen LogP contribution < -0.4 is 5.73 Å². The van der Waals surface area contributed by atoms with E-state index in [1.165, 1.54) is 6.26 Å². The van der Waals surface area contributed by atoms with Crippen LogP contribution in [0.15, 0.2) is 23.1 Å². The van der Waals surface area contributed by atoms with Crippen molar-refractivity contribution in [3.05, 3.63) is 18.2 Å². The molecule has 0 atom stereocenters. The first-order chi connectivity index (χ1) is 9.30. The predicted octanol–water partition coefficient (Wildman–Crippen LogP) is 2.46. The maximum Gasteiger partial charge on any atom is 0.201 e. The van der Waals surface area contributed by atoms with E-state index in [9.17, 15) is 8.42 Å². The Morgan fingerprint density at radius 3 is 2.65 bits per heavy atom. The van der Waals surface area contributed by atoms with E-state index in [-0.39, 0.29) is 4.90 Å². The van der Waals surface area contributed by atoms with E-state index in [0.717, 1.165) is 24.9 Å². The molecule has 5 nitrogen and oxygen atoms in total. The van der Waals surface area contributed by atoms with Crippen molar-refractivity contribution >= 4 is 26.8 Å². The summed E-state index contributed by atoms with van der Waals surface area (Å²) in [7, 11) is -3.30. The molecule has 2 N–H and O–H groups in total. The van der Waals surface area contributed by atoms with Gasteiger partial charge in [-0.2, -0.15) is 0 Å². The molecule has 2 aromatic rings. The molecule has 0 bridgehead atoms. The number of nitrogens with two attached hydrogens (primary N) is 1. The van der Waals surface area contributed by atoms with Crippen molar-refractivity contribution in [1.82, 2.24) is 9.55 Å². The number of fused-ring (bicyclic) bond motifs is 1. The van der Waals surface area contributed by atoms with Crippen molar-refractivity contribution in [3.8, 4) is 0 Å². The van der Waals surface area contributed by atoms with Gasteiger partial charge in [0.1, 0.15) is 5.52 Å². The molecule has 2 rings (SSSR count). The highest BCUT2D eigenvalue weighted by molar-refractivity contribution is 7.91. The molecule has 0 aliphatic heterocycles. The number of benzene rings is 1. The highest BCUT2D eigenvalue weighted by Crippen LogP contribution is 2.25. The maximum absolute atomic E-state index is 11.8. The monoisotopic (exact) mass is 295 g/mol. The number of sulfone groups is 1. The minimum absolute atomic E-state index is 0.240. The topological polar surface area (TPSA) is 78.0 Å². The smallest absolute Gasteiger partial charge is 0.201 e. The minimum Gasteiger partial charge on any atom is -0.369 e. The molecule has 1 heterocycles. The highest BCUT2D eigenvalue weighted by Gasteiger charge is 2.17. The average Bonchev–Trinajstić information content (AvgIpc) is 2.64. The summed E-state index contributed by atoms with van der Waals surface area (Å²) < 4.78 is 25.5. The van der Waals surface area contributed by atoms with E-state index < -0.39 is 9.84 Å². The Morgan fingerprint density at radius 2 is 2.05 bits per heavy atom. The van der Waals surface area contributed by atoms with Crippen LogP contribution in [0.2, 0.25) is 0 Å². The lowest BCUT2D eigenvalue weighted by Gasteiger charge is -2.08. The number of para-hydroxylation sites is 1. The number of imidazole rings is 1. The molecule has 20 heavy (non-hydrogen) atoms. The maximum atomic E-state index is 11.8. The fourth-order valence-electron chi connectivity index (χ4n) is 2.33. The lowest BCUT2D eigenvalue weighted by Crippen LogP contribution is -2.04. The molecule has 0 unspecified atom stereocenters. The normalized spacial score (nSPS) is 12.4. The molecular formula is C14H21N3O2S. The van der Waals surface area contributed by atoms with Crippen molar-refractivity contribution in [2.45, 2.75) is 38.1 Å². The molecule has 0 radical (unpaired) electrons. The molecule has 0 aliphatic carbocycles. The van der Waals surface area contributed by atoms with Crippen molar-refractivity contribution in [2.24, 2.45) is 5.92 Å². The van der Waals surface area contributed by atoms with E-state index in [1.807, 2.05) is 10.6 Å². The molecule has 0 saturated heterocycles. The van der Waals surface area contributed by atoms with E-state index >= 15 is 0 Å². The van der Waals surface area contributed by atoms with Gasteiger partial charge >= 0.3 is 0 Å². The summed E-state index contributed by atoms with van der Waals surface area (Å²) in [6.45, 7) is 5.11. The van der Waals surface area contributed by atoms with Gasteiger partial charge in [-0.15, -0.1) is 0 Å². The number of anilines is 1. The van der Waals surface area contributed by atoms with Gasteiger partial charge in [0.25, 0.3) is 0 Å². The van der Waals surface area contributed by atoms with Gasteiger partial charge in [-0.05, 0) is 30.9 Å². The first-order valence-corrected chi connectivity index (χ1v) is 8.64. The molecule has 0 spiro atoms. The van der Waals surface area contributed by atoms with Crippen molar-refractivity contribution < 1.29 is 8.42 Å². The average molecular weight is 295 g/mol. The SMILES string of the molecule is CC(C)CCCn1c(N)nc2c(S(C)(=O)=O)cccc21. The fourth-order valence-corrected chi connectivity index (χ4v) is 3.16. The lowest BCUT2D eigenvalue weighted by molar-refractivity contribution is 0.519. The van der Waals surface area contributed by atoms with E-state index in [4.69, 9.17) is 5.73 Å². The Labute approximate surface area is 119 Å². The van der Waals surface area contributed by atoms with Crippen LogP contribution in [0.5, 0.6) is 0 Å². The van der Waals surface area contributed by atoms with Crippen molar-refractivity contribution in [1.29, 1.82) is 0 Å². The fraction of sp³-hybridized carbons (Fsp3) is 0.500. The quantitative estimate of drug-likeness (QED) is 0.919. The predicted molar refractivity (Wildman–Crippen MR) is 81.3 cm³/mol. The second-order valence-corrected chi connectivity index (χ2v) is 7.54. The van der Waals surface area contributed by atoms with Crippen LogP contribution in [0.25, 0.3) is 11.0 Å². The van der Waals surface area contributed by atoms with Gasteiger partial charge in [0, 0.05) is 12.8 Å². The Bertz CT molecular complexity index is 717. The number of nitrogens with zero attached hydrogens (tertiary/aromatic N) is 2. The number of nitrogen functional groups attached to an aromatic ring is 1. The first-order valence-electron chi connectivity index (χ1n) is 6.75. The van der Waals surface area contributed by atoms with E-state index in [0.29, 0.717) is 17.4 Å². The highest BCUT2D eigenvalue weighted by atomic mass is 32.2.